The van der Waals surface area contributed by atoms with Crippen LogP contribution in [0.15, 0.2) is 11.6 Å². The molecule has 0 aromatic carbocycles. The van der Waals surface area contributed by atoms with E-state index < -0.39 is 0 Å². The van der Waals surface area contributed by atoms with Gasteiger partial charge < -0.3 is 0 Å². The molecule has 0 heterocycles. The maximum absolute atomic E-state index is 2.40. The van der Waals surface area contributed by atoms with Crippen molar-refractivity contribution in [2.45, 2.75) is 59.8 Å². The average Bonchev–Trinajstić information content (AvgIpc) is 2.03. The Morgan fingerprint density at radius 1 is 1.17 bits per heavy atom. The molecule has 0 aliphatic rings. The number of allylic oxidation sites excluding steroid dienone is 2. The van der Waals surface area contributed by atoms with E-state index in [4.69, 9.17) is 0 Å². The van der Waals surface area contributed by atoms with E-state index in [1.54, 1.807) is 5.57 Å². The highest BCUT2D eigenvalue weighted by molar-refractivity contribution is 5.04. The van der Waals surface area contributed by atoms with Gasteiger partial charge in [0.2, 0.25) is 0 Å². The smallest absolute Gasteiger partial charge is 0.0260 e. The molecule has 0 aliphatic carbocycles. The van der Waals surface area contributed by atoms with Gasteiger partial charge in [-0.15, -0.1) is 0 Å². The van der Waals surface area contributed by atoms with Gasteiger partial charge in [0, 0.05) is 0 Å². The zero-order valence-electron chi connectivity index (χ0n) is 9.19. The molecule has 0 aromatic heterocycles. The molecule has 0 rings (SSSR count). The normalized spacial score (nSPS) is 12.6. The molecule has 0 saturated carbocycles. The summed E-state index contributed by atoms with van der Waals surface area (Å²) < 4.78 is 0. The van der Waals surface area contributed by atoms with Crippen molar-refractivity contribution in [2.24, 2.45) is 5.92 Å². The van der Waals surface area contributed by atoms with Gasteiger partial charge >= 0.3 is 0 Å². The van der Waals surface area contributed by atoms with Crippen LogP contribution in [0, 0.1) is 5.92 Å². The second-order valence-electron chi connectivity index (χ2n) is 3.80. The van der Waals surface area contributed by atoms with Gasteiger partial charge in [0.1, 0.15) is 0 Å². The van der Waals surface area contributed by atoms with Gasteiger partial charge in [0.05, 0.1) is 0 Å². The molecule has 0 aromatic rings. The van der Waals surface area contributed by atoms with Crippen LogP contribution in [-0.2, 0) is 0 Å². The van der Waals surface area contributed by atoms with Crippen molar-refractivity contribution in [3.05, 3.63) is 11.6 Å². The Bertz CT molecular complexity index is 120. The maximum atomic E-state index is 2.40. The highest BCUT2D eigenvalue weighted by atomic mass is 14.1. The van der Waals surface area contributed by atoms with Crippen LogP contribution in [0.5, 0.6) is 0 Å². The van der Waals surface area contributed by atoms with E-state index in [1.807, 2.05) is 0 Å². The van der Waals surface area contributed by atoms with Gasteiger partial charge in [-0.1, -0.05) is 52.2 Å². The van der Waals surface area contributed by atoms with Crippen LogP contribution in [-0.4, -0.2) is 0 Å². The third-order valence-corrected chi connectivity index (χ3v) is 2.28. The first-order valence-corrected chi connectivity index (χ1v) is 5.41. The molecule has 0 bridgehead atoms. The van der Waals surface area contributed by atoms with Crippen LogP contribution in [0.3, 0.4) is 0 Å². The highest BCUT2D eigenvalue weighted by Crippen LogP contribution is 2.17. The summed E-state index contributed by atoms with van der Waals surface area (Å²) in [4.78, 5) is 0. The summed E-state index contributed by atoms with van der Waals surface area (Å²) in [5, 5.41) is 0. The van der Waals surface area contributed by atoms with E-state index in [1.165, 1.54) is 32.1 Å². The number of unbranched alkanes of at least 4 members (excludes halogenated alkanes) is 2. The molecule has 0 fully saturated rings. The fourth-order valence-corrected chi connectivity index (χ4v) is 1.47. The van der Waals surface area contributed by atoms with Crippen LogP contribution < -0.4 is 0 Å². The van der Waals surface area contributed by atoms with E-state index in [2.05, 4.69) is 33.8 Å². The molecule has 0 saturated heterocycles. The van der Waals surface area contributed by atoms with Gasteiger partial charge in [0.15, 0.2) is 0 Å². The van der Waals surface area contributed by atoms with Gasteiger partial charge in [0.25, 0.3) is 0 Å². The van der Waals surface area contributed by atoms with Crippen LogP contribution in [0.1, 0.15) is 59.8 Å². The molecule has 0 aliphatic heterocycles. The minimum Gasteiger partial charge on any atom is -0.0853 e. The summed E-state index contributed by atoms with van der Waals surface area (Å²) in [5.74, 6) is 0.752. The van der Waals surface area contributed by atoms with E-state index in [0.29, 0.717) is 0 Å². The molecule has 0 radical (unpaired) electrons. The van der Waals surface area contributed by atoms with Crippen molar-refractivity contribution >= 4 is 0 Å². The first-order chi connectivity index (χ1) is 5.72. The standard InChI is InChI=1S/C12H24/c1-5-7-8-10-12(9-6-2)11(3)4/h9,11H,5-8,10H2,1-4H3. The van der Waals surface area contributed by atoms with E-state index in [0.717, 1.165) is 5.92 Å². The molecular formula is C12H24. The summed E-state index contributed by atoms with van der Waals surface area (Å²) in [6, 6.07) is 0. The minimum absolute atomic E-state index is 0.752. The molecule has 12 heavy (non-hydrogen) atoms. The Balaban J connectivity index is 3.72. The number of hydrogen-bond acceptors (Lipinski definition) is 0. The Labute approximate surface area is 78.1 Å². The first-order valence-electron chi connectivity index (χ1n) is 5.41. The lowest BCUT2D eigenvalue weighted by Gasteiger charge is -2.10. The molecule has 72 valence electrons. The third kappa shape index (κ3) is 5.40. The maximum Gasteiger partial charge on any atom is -0.0260 e. The molecule has 0 atom stereocenters. The summed E-state index contributed by atoms with van der Waals surface area (Å²) in [6.07, 6.45) is 9.01. The Morgan fingerprint density at radius 3 is 2.25 bits per heavy atom. The molecular weight excluding hydrogens is 144 g/mol. The molecule has 0 spiro atoms. The van der Waals surface area contributed by atoms with Crippen molar-refractivity contribution in [2.75, 3.05) is 0 Å². The SMILES string of the molecule is CCC=C(CCCCC)C(C)C. The predicted octanol–water partition coefficient (Wildman–Crippen LogP) is 4.56. The Kier molecular flexibility index (Phi) is 7.23. The first kappa shape index (κ1) is 11.7. The van der Waals surface area contributed by atoms with Crippen molar-refractivity contribution in [3.8, 4) is 0 Å². The van der Waals surface area contributed by atoms with Crippen LogP contribution in [0.4, 0.5) is 0 Å². The molecule has 0 heteroatoms. The van der Waals surface area contributed by atoms with E-state index >= 15 is 0 Å². The summed E-state index contributed by atoms with van der Waals surface area (Å²) >= 11 is 0. The van der Waals surface area contributed by atoms with E-state index in [9.17, 15) is 0 Å². The number of hydrogen-bond donors (Lipinski definition) is 0. The summed E-state index contributed by atoms with van der Waals surface area (Å²) in [7, 11) is 0. The Morgan fingerprint density at radius 2 is 1.83 bits per heavy atom. The van der Waals surface area contributed by atoms with Crippen LogP contribution in [0.25, 0.3) is 0 Å². The molecule has 0 N–H and O–H groups in total. The molecule has 0 amide bonds. The fourth-order valence-electron chi connectivity index (χ4n) is 1.47. The van der Waals surface area contributed by atoms with Crippen molar-refractivity contribution in [1.29, 1.82) is 0 Å². The predicted molar refractivity (Wildman–Crippen MR) is 57.4 cm³/mol. The zero-order chi connectivity index (χ0) is 9.40. The molecule has 0 nitrogen and oxygen atoms in total. The van der Waals surface area contributed by atoms with Crippen molar-refractivity contribution < 1.29 is 0 Å². The van der Waals surface area contributed by atoms with Gasteiger partial charge in [-0.05, 0) is 25.2 Å². The summed E-state index contributed by atoms with van der Waals surface area (Å²) in [6.45, 7) is 9.08. The number of rotatable bonds is 6. The van der Waals surface area contributed by atoms with Gasteiger partial charge in [-0.3, -0.25) is 0 Å². The minimum atomic E-state index is 0.752. The topological polar surface area (TPSA) is 0 Å². The monoisotopic (exact) mass is 168 g/mol. The second kappa shape index (κ2) is 7.39. The lowest BCUT2D eigenvalue weighted by atomic mass is 9.96. The Hall–Kier alpha value is -0.260. The van der Waals surface area contributed by atoms with Gasteiger partial charge in [-0.25, -0.2) is 0 Å². The quantitative estimate of drug-likeness (QED) is 0.403. The fraction of sp³-hybridized carbons (Fsp3) is 0.833. The summed E-state index contributed by atoms with van der Waals surface area (Å²) in [5.41, 5.74) is 1.66. The highest BCUT2D eigenvalue weighted by Gasteiger charge is 2.01. The zero-order valence-corrected chi connectivity index (χ0v) is 9.19. The van der Waals surface area contributed by atoms with E-state index in [-0.39, 0.29) is 0 Å². The van der Waals surface area contributed by atoms with Crippen molar-refractivity contribution in [3.63, 3.8) is 0 Å². The average molecular weight is 168 g/mol. The second-order valence-corrected chi connectivity index (χ2v) is 3.80. The third-order valence-electron chi connectivity index (χ3n) is 2.28. The van der Waals surface area contributed by atoms with Crippen molar-refractivity contribution in [1.82, 2.24) is 0 Å². The van der Waals surface area contributed by atoms with Crippen LogP contribution >= 0.6 is 0 Å². The largest absolute Gasteiger partial charge is 0.0853 e. The van der Waals surface area contributed by atoms with Gasteiger partial charge in [-0.2, -0.15) is 0 Å². The molecule has 0 unspecified atom stereocenters. The lowest BCUT2D eigenvalue weighted by molar-refractivity contribution is 0.644. The van der Waals surface area contributed by atoms with Crippen LogP contribution in [0.2, 0.25) is 0 Å². The lowest BCUT2D eigenvalue weighted by Crippen LogP contribution is -1.94.